The minimum absolute atomic E-state index is 0.0853. The number of halogens is 1. The van der Waals surface area contributed by atoms with Crippen LogP contribution in [0.1, 0.15) is 49.8 Å². The van der Waals surface area contributed by atoms with Crippen LogP contribution in [0.15, 0.2) is 55.0 Å². The maximum atomic E-state index is 12.7. The summed E-state index contributed by atoms with van der Waals surface area (Å²) in [5.74, 6) is 1.08. The predicted octanol–water partition coefficient (Wildman–Crippen LogP) is 5.05. The Kier molecular flexibility index (Phi) is 6.83. The first kappa shape index (κ1) is 23.3. The van der Waals surface area contributed by atoms with E-state index in [9.17, 15) is 4.79 Å². The van der Waals surface area contributed by atoms with E-state index in [2.05, 4.69) is 30.8 Å². The number of amides is 1. The fourth-order valence-electron chi connectivity index (χ4n) is 3.43. The number of nitrogens with one attached hydrogen (secondary N) is 1. The molecule has 0 saturated heterocycles. The summed E-state index contributed by atoms with van der Waals surface area (Å²) in [6.07, 6.45) is 4.10. The molecule has 0 aliphatic carbocycles. The molecule has 0 aliphatic rings. The van der Waals surface area contributed by atoms with E-state index in [4.69, 9.17) is 16.3 Å². The molecule has 4 aromatic rings. The standard InChI is InChI=1S/C24H24ClN7O2/c1-14(2)23-29-30-31-32(23)18-10-17(20-6-5-15(3)9-21(20)25)11-19(12-18)34-24(33)28-16(4)22-13-26-7-8-27-22/h5-14,16H,1-4H3,(H,28,33). The molecule has 2 heterocycles. The second-order valence-electron chi connectivity index (χ2n) is 8.19. The number of aryl methyl sites for hydroxylation is 1. The molecule has 0 aliphatic heterocycles. The van der Waals surface area contributed by atoms with E-state index < -0.39 is 6.09 Å². The molecule has 1 N–H and O–H groups in total. The number of carbonyl (C=O) groups excluding carboxylic acids is 1. The highest BCUT2D eigenvalue weighted by atomic mass is 35.5. The van der Waals surface area contributed by atoms with Crippen molar-refractivity contribution in [2.45, 2.75) is 39.7 Å². The quantitative estimate of drug-likeness (QED) is 0.413. The zero-order chi connectivity index (χ0) is 24.2. The summed E-state index contributed by atoms with van der Waals surface area (Å²) in [6.45, 7) is 7.78. The molecule has 0 saturated carbocycles. The van der Waals surface area contributed by atoms with Crippen LogP contribution in [0.4, 0.5) is 4.79 Å². The third-order valence-electron chi connectivity index (χ3n) is 5.15. The number of benzene rings is 2. The van der Waals surface area contributed by atoms with Gasteiger partial charge in [0.1, 0.15) is 5.75 Å². The minimum Gasteiger partial charge on any atom is -0.410 e. The molecule has 34 heavy (non-hydrogen) atoms. The molecule has 2 aromatic carbocycles. The number of carbonyl (C=O) groups is 1. The summed E-state index contributed by atoms with van der Waals surface area (Å²) >= 11 is 6.54. The Morgan fingerprint density at radius 2 is 1.94 bits per heavy atom. The third-order valence-corrected chi connectivity index (χ3v) is 5.47. The van der Waals surface area contributed by atoms with Crippen LogP contribution in [0.5, 0.6) is 5.75 Å². The highest BCUT2D eigenvalue weighted by molar-refractivity contribution is 6.33. The lowest BCUT2D eigenvalue weighted by molar-refractivity contribution is 0.196. The summed E-state index contributed by atoms with van der Waals surface area (Å²) in [6, 6.07) is 10.8. The van der Waals surface area contributed by atoms with Crippen molar-refractivity contribution >= 4 is 17.7 Å². The van der Waals surface area contributed by atoms with E-state index in [1.165, 1.54) is 0 Å². The highest BCUT2D eigenvalue weighted by Gasteiger charge is 2.18. The first-order valence-corrected chi connectivity index (χ1v) is 11.1. The topological polar surface area (TPSA) is 108 Å². The first-order valence-electron chi connectivity index (χ1n) is 10.8. The molecule has 10 heteroatoms. The van der Waals surface area contributed by atoms with E-state index in [0.29, 0.717) is 28.0 Å². The van der Waals surface area contributed by atoms with Crippen molar-refractivity contribution in [2.75, 3.05) is 0 Å². The molecule has 174 valence electrons. The van der Waals surface area contributed by atoms with Gasteiger partial charge in [0.2, 0.25) is 0 Å². The molecule has 4 rings (SSSR count). The van der Waals surface area contributed by atoms with Crippen LogP contribution in [-0.2, 0) is 0 Å². The van der Waals surface area contributed by atoms with Gasteiger partial charge in [-0.15, -0.1) is 5.10 Å². The van der Waals surface area contributed by atoms with Crippen LogP contribution < -0.4 is 10.1 Å². The smallest absolute Gasteiger partial charge is 0.410 e. The molecule has 2 aromatic heterocycles. The number of hydrogen-bond donors (Lipinski definition) is 1. The maximum absolute atomic E-state index is 12.7. The zero-order valence-electron chi connectivity index (χ0n) is 19.2. The third kappa shape index (κ3) is 5.20. The Bertz CT molecular complexity index is 1310. The van der Waals surface area contributed by atoms with Crippen LogP contribution in [-0.4, -0.2) is 36.3 Å². The average molecular weight is 478 g/mol. The first-order chi connectivity index (χ1) is 16.3. The van der Waals surface area contributed by atoms with E-state index in [0.717, 1.165) is 16.7 Å². The number of ether oxygens (including phenoxy) is 1. The fraction of sp³-hybridized carbons (Fsp3) is 0.250. The number of tetrazole rings is 1. The molecule has 0 radical (unpaired) electrons. The number of hydrogen-bond acceptors (Lipinski definition) is 7. The van der Waals surface area contributed by atoms with Crippen LogP contribution >= 0.6 is 11.6 Å². The monoisotopic (exact) mass is 477 g/mol. The summed E-state index contributed by atoms with van der Waals surface area (Å²) in [4.78, 5) is 20.9. The molecule has 9 nitrogen and oxygen atoms in total. The van der Waals surface area contributed by atoms with Gasteiger partial charge in [-0.05, 0) is 53.6 Å². The van der Waals surface area contributed by atoms with Crippen LogP contribution in [0.2, 0.25) is 5.02 Å². The van der Waals surface area contributed by atoms with Crippen molar-refractivity contribution in [2.24, 2.45) is 0 Å². The van der Waals surface area contributed by atoms with Crippen molar-refractivity contribution in [3.8, 4) is 22.6 Å². The van der Waals surface area contributed by atoms with Crippen molar-refractivity contribution in [3.05, 3.63) is 77.1 Å². The lowest BCUT2D eigenvalue weighted by Gasteiger charge is -2.15. The van der Waals surface area contributed by atoms with Gasteiger partial charge in [-0.2, -0.15) is 4.68 Å². The Morgan fingerprint density at radius 3 is 2.65 bits per heavy atom. The largest absolute Gasteiger partial charge is 0.413 e. The minimum atomic E-state index is -0.628. The number of nitrogens with zero attached hydrogens (tertiary/aromatic N) is 6. The molecular weight excluding hydrogens is 454 g/mol. The number of aromatic nitrogens is 6. The lowest BCUT2D eigenvalue weighted by atomic mass is 10.0. The molecule has 0 fully saturated rings. The van der Waals surface area contributed by atoms with Crippen LogP contribution in [0.25, 0.3) is 16.8 Å². The molecule has 1 atom stereocenters. The summed E-state index contributed by atoms with van der Waals surface area (Å²) in [5, 5.41) is 15.4. The van der Waals surface area contributed by atoms with Gasteiger partial charge >= 0.3 is 6.09 Å². The van der Waals surface area contributed by atoms with Crippen molar-refractivity contribution in [1.29, 1.82) is 0 Å². The van der Waals surface area contributed by atoms with Gasteiger partial charge in [0.15, 0.2) is 5.82 Å². The van der Waals surface area contributed by atoms with Gasteiger partial charge in [0, 0.05) is 35.0 Å². The van der Waals surface area contributed by atoms with Gasteiger partial charge in [-0.25, -0.2) is 4.79 Å². The molecular formula is C24H24ClN7O2. The molecule has 0 spiro atoms. The fourth-order valence-corrected chi connectivity index (χ4v) is 3.78. The van der Waals surface area contributed by atoms with E-state index in [1.807, 2.05) is 45.0 Å². The van der Waals surface area contributed by atoms with E-state index in [1.54, 1.807) is 42.3 Å². The number of rotatable bonds is 6. The lowest BCUT2D eigenvalue weighted by Crippen LogP contribution is -2.30. The average Bonchev–Trinajstić information content (AvgIpc) is 3.30. The maximum Gasteiger partial charge on any atom is 0.413 e. The van der Waals surface area contributed by atoms with Gasteiger partial charge in [-0.3, -0.25) is 9.97 Å². The highest BCUT2D eigenvalue weighted by Crippen LogP contribution is 2.33. The predicted molar refractivity (Wildman–Crippen MR) is 128 cm³/mol. The molecule has 1 amide bonds. The second kappa shape index (κ2) is 9.96. The van der Waals surface area contributed by atoms with Gasteiger partial charge < -0.3 is 10.1 Å². The van der Waals surface area contributed by atoms with Gasteiger partial charge in [0.05, 0.1) is 23.6 Å². The molecule has 1 unspecified atom stereocenters. The Morgan fingerprint density at radius 1 is 1.12 bits per heavy atom. The van der Waals surface area contributed by atoms with E-state index in [-0.39, 0.29) is 12.0 Å². The van der Waals surface area contributed by atoms with Gasteiger partial charge in [0.25, 0.3) is 0 Å². The SMILES string of the molecule is Cc1ccc(-c2cc(OC(=O)NC(C)c3cnccn3)cc(-n3nnnc3C(C)C)c2)c(Cl)c1. The van der Waals surface area contributed by atoms with Crippen LogP contribution in [0, 0.1) is 6.92 Å². The molecule has 0 bridgehead atoms. The Hall–Kier alpha value is -3.85. The van der Waals surface area contributed by atoms with Crippen LogP contribution in [0.3, 0.4) is 0 Å². The zero-order valence-corrected chi connectivity index (χ0v) is 20.0. The van der Waals surface area contributed by atoms with Crippen molar-refractivity contribution in [3.63, 3.8) is 0 Å². The second-order valence-corrected chi connectivity index (χ2v) is 8.60. The normalized spacial score (nSPS) is 11.9. The summed E-state index contributed by atoms with van der Waals surface area (Å²) in [5.41, 5.74) is 3.87. The van der Waals surface area contributed by atoms with Gasteiger partial charge in [-0.1, -0.05) is 37.6 Å². The van der Waals surface area contributed by atoms with Crippen molar-refractivity contribution < 1.29 is 9.53 Å². The Labute approximate surface area is 202 Å². The van der Waals surface area contributed by atoms with E-state index >= 15 is 0 Å². The summed E-state index contributed by atoms with van der Waals surface area (Å²) in [7, 11) is 0. The summed E-state index contributed by atoms with van der Waals surface area (Å²) < 4.78 is 7.28. The van der Waals surface area contributed by atoms with Crippen molar-refractivity contribution in [1.82, 2.24) is 35.5 Å². The Balaban J connectivity index is 1.70.